The van der Waals surface area contributed by atoms with Crippen molar-refractivity contribution in [3.05, 3.63) is 65.2 Å². The van der Waals surface area contributed by atoms with E-state index in [1.807, 2.05) is 35.9 Å². The lowest BCUT2D eigenvalue weighted by atomic mass is 10.0. The monoisotopic (exact) mass is 400 g/mol. The molecule has 0 heterocycles. The molecule has 1 unspecified atom stereocenters. The lowest BCUT2D eigenvalue weighted by molar-refractivity contribution is -0.137. The highest BCUT2D eigenvalue weighted by Gasteiger charge is 2.31. The van der Waals surface area contributed by atoms with Gasteiger partial charge in [-0.05, 0) is 43.2 Å². The summed E-state index contributed by atoms with van der Waals surface area (Å²) in [5.41, 5.74) is 0.768. The van der Waals surface area contributed by atoms with E-state index in [2.05, 4.69) is 5.32 Å². The van der Waals surface area contributed by atoms with Crippen LogP contribution in [0.5, 0.6) is 0 Å². The van der Waals surface area contributed by atoms with Crippen molar-refractivity contribution < 1.29 is 26.4 Å². The summed E-state index contributed by atoms with van der Waals surface area (Å²) in [6, 6.07) is 10.4. The summed E-state index contributed by atoms with van der Waals surface area (Å²) in [5, 5.41) is 2.65. The first-order chi connectivity index (χ1) is 12.5. The molecule has 0 aliphatic rings. The molecule has 5 nitrogen and oxygen atoms in total. The highest BCUT2D eigenvalue weighted by atomic mass is 32.2. The Morgan fingerprint density at radius 3 is 2.41 bits per heavy atom. The molecule has 9 heteroatoms. The van der Waals surface area contributed by atoms with E-state index in [0.29, 0.717) is 6.07 Å². The molecular formula is C18H19F3N2O3S. The van der Waals surface area contributed by atoms with E-state index < -0.39 is 39.1 Å². The number of halogens is 3. The highest BCUT2D eigenvalue weighted by molar-refractivity contribution is 7.89. The Morgan fingerprint density at radius 1 is 1.11 bits per heavy atom. The summed E-state index contributed by atoms with van der Waals surface area (Å²) in [6.07, 6.45) is -4.66. The van der Waals surface area contributed by atoms with E-state index in [0.717, 1.165) is 29.3 Å². The average molecular weight is 400 g/mol. The van der Waals surface area contributed by atoms with Crippen LogP contribution in [0, 0.1) is 6.92 Å². The van der Waals surface area contributed by atoms with Crippen molar-refractivity contribution in [1.29, 1.82) is 0 Å². The quantitative estimate of drug-likeness (QED) is 0.782. The molecule has 27 heavy (non-hydrogen) atoms. The van der Waals surface area contributed by atoms with Crippen LogP contribution in [0.2, 0.25) is 0 Å². The fraction of sp³-hybridized carbons (Fsp3) is 0.278. The summed E-state index contributed by atoms with van der Waals surface area (Å²) >= 11 is 0. The Hall–Kier alpha value is -2.39. The van der Waals surface area contributed by atoms with Gasteiger partial charge in [0.05, 0.1) is 23.0 Å². The number of amides is 1. The van der Waals surface area contributed by atoms with Crippen molar-refractivity contribution in [1.82, 2.24) is 10.0 Å². The third-order valence-electron chi connectivity index (χ3n) is 3.93. The predicted octanol–water partition coefficient (Wildman–Crippen LogP) is 3.17. The molecule has 0 radical (unpaired) electrons. The second-order valence-corrected chi connectivity index (χ2v) is 7.76. The van der Waals surface area contributed by atoms with Crippen molar-refractivity contribution in [3.63, 3.8) is 0 Å². The number of aryl methyl sites for hydroxylation is 1. The van der Waals surface area contributed by atoms with Gasteiger partial charge in [0.1, 0.15) is 0 Å². The fourth-order valence-electron chi connectivity index (χ4n) is 2.53. The largest absolute Gasteiger partial charge is 0.416 e. The summed E-state index contributed by atoms with van der Waals surface area (Å²) in [7, 11) is -4.26. The van der Waals surface area contributed by atoms with Gasteiger partial charge in [-0.3, -0.25) is 4.79 Å². The van der Waals surface area contributed by atoms with Crippen LogP contribution in [0.4, 0.5) is 13.2 Å². The Balaban J connectivity index is 2.03. The van der Waals surface area contributed by atoms with Crippen molar-refractivity contribution >= 4 is 15.9 Å². The molecule has 0 saturated heterocycles. The van der Waals surface area contributed by atoms with E-state index in [9.17, 15) is 26.4 Å². The number of hydrogen-bond donors (Lipinski definition) is 2. The summed E-state index contributed by atoms with van der Waals surface area (Å²) < 4.78 is 64.5. The third kappa shape index (κ3) is 5.54. The fourth-order valence-corrected chi connectivity index (χ4v) is 3.55. The van der Waals surface area contributed by atoms with Gasteiger partial charge in [-0.15, -0.1) is 0 Å². The maximum atomic E-state index is 12.7. The topological polar surface area (TPSA) is 75.3 Å². The minimum absolute atomic E-state index is 0.350. The van der Waals surface area contributed by atoms with Crippen LogP contribution in [0.25, 0.3) is 0 Å². The van der Waals surface area contributed by atoms with E-state index in [1.54, 1.807) is 6.92 Å². The van der Waals surface area contributed by atoms with Gasteiger partial charge < -0.3 is 5.32 Å². The summed E-state index contributed by atoms with van der Waals surface area (Å²) in [5.74, 6) is -0.596. The van der Waals surface area contributed by atoms with Crippen LogP contribution >= 0.6 is 0 Å². The Morgan fingerprint density at radius 2 is 1.78 bits per heavy atom. The number of rotatable bonds is 6. The van der Waals surface area contributed by atoms with Gasteiger partial charge in [-0.25, -0.2) is 13.1 Å². The average Bonchev–Trinajstić information content (AvgIpc) is 2.60. The van der Waals surface area contributed by atoms with Crippen LogP contribution in [0.1, 0.15) is 29.7 Å². The van der Waals surface area contributed by atoms with Gasteiger partial charge >= 0.3 is 6.18 Å². The Labute approximate surface area is 155 Å². The van der Waals surface area contributed by atoms with Crippen LogP contribution in [-0.2, 0) is 21.0 Å². The van der Waals surface area contributed by atoms with Crippen molar-refractivity contribution in [2.45, 2.75) is 31.0 Å². The molecule has 2 aromatic carbocycles. The Bertz CT molecular complexity index is 927. The first-order valence-electron chi connectivity index (χ1n) is 8.02. The number of alkyl halides is 3. The number of nitrogens with one attached hydrogen (secondary N) is 2. The molecule has 1 amide bonds. The van der Waals surface area contributed by atoms with E-state index >= 15 is 0 Å². The molecule has 0 spiro atoms. The minimum Gasteiger partial charge on any atom is -0.348 e. The first-order valence-corrected chi connectivity index (χ1v) is 9.51. The number of carbonyl (C=O) groups excluding carboxylic acids is 1. The smallest absolute Gasteiger partial charge is 0.348 e. The van der Waals surface area contributed by atoms with Gasteiger partial charge in [0.15, 0.2) is 0 Å². The van der Waals surface area contributed by atoms with Gasteiger partial charge in [-0.1, -0.05) is 30.3 Å². The van der Waals surface area contributed by atoms with E-state index in [4.69, 9.17) is 0 Å². The van der Waals surface area contributed by atoms with Gasteiger partial charge in [-0.2, -0.15) is 13.2 Å². The number of hydrogen-bond acceptors (Lipinski definition) is 3. The summed E-state index contributed by atoms with van der Waals surface area (Å²) in [6.45, 7) is 3.05. The van der Waals surface area contributed by atoms with Crippen molar-refractivity contribution in [2.75, 3.05) is 6.54 Å². The zero-order valence-corrected chi connectivity index (χ0v) is 15.5. The van der Waals surface area contributed by atoms with Crippen LogP contribution < -0.4 is 10.0 Å². The van der Waals surface area contributed by atoms with Crippen molar-refractivity contribution in [2.24, 2.45) is 0 Å². The molecule has 0 aliphatic heterocycles. The molecule has 0 bridgehead atoms. The number of benzene rings is 2. The van der Waals surface area contributed by atoms with Gasteiger partial charge in [0.2, 0.25) is 15.9 Å². The minimum atomic E-state index is -4.66. The van der Waals surface area contributed by atoms with Gasteiger partial charge in [0.25, 0.3) is 0 Å². The number of sulfonamides is 1. The van der Waals surface area contributed by atoms with Crippen LogP contribution in [0.3, 0.4) is 0 Å². The lowest BCUT2D eigenvalue weighted by Crippen LogP contribution is -2.38. The third-order valence-corrected chi connectivity index (χ3v) is 5.33. The molecule has 146 valence electrons. The molecule has 0 aromatic heterocycles. The lowest BCUT2D eigenvalue weighted by Gasteiger charge is -2.17. The predicted molar refractivity (Wildman–Crippen MR) is 94.4 cm³/mol. The maximum absolute atomic E-state index is 12.7. The normalized spacial score (nSPS) is 13.2. The molecule has 0 fully saturated rings. The highest BCUT2D eigenvalue weighted by Crippen LogP contribution is 2.30. The zero-order chi connectivity index (χ0) is 20.2. The summed E-state index contributed by atoms with van der Waals surface area (Å²) in [4.78, 5) is 11.5. The zero-order valence-electron chi connectivity index (χ0n) is 14.7. The van der Waals surface area contributed by atoms with Crippen LogP contribution in [0.15, 0.2) is 53.4 Å². The number of carbonyl (C=O) groups is 1. The second kappa shape index (κ2) is 8.10. The molecule has 2 N–H and O–H groups in total. The molecular weight excluding hydrogens is 381 g/mol. The van der Waals surface area contributed by atoms with Gasteiger partial charge in [0, 0.05) is 0 Å². The SMILES string of the molecule is Cc1ccccc1C(C)NC(=O)CNS(=O)(=O)c1cccc(C(F)(F)F)c1. The van der Waals surface area contributed by atoms with E-state index in [-0.39, 0.29) is 6.04 Å². The van der Waals surface area contributed by atoms with Crippen LogP contribution in [-0.4, -0.2) is 20.9 Å². The first kappa shape index (κ1) is 20.9. The Kier molecular flexibility index (Phi) is 6.27. The second-order valence-electron chi connectivity index (χ2n) is 6.00. The molecule has 2 aromatic rings. The molecule has 1 atom stereocenters. The molecule has 0 aliphatic carbocycles. The molecule has 0 saturated carbocycles. The molecule has 2 rings (SSSR count). The standard InChI is InChI=1S/C18H19F3N2O3S/c1-12-6-3-4-9-16(12)13(2)23-17(24)11-22-27(25,26)15-8-5-7-14(10-15)18(19,20)21/h3-10,13,22H,11H2,1-2H3,(H,23,24). The van der Waals surface area contributed by atoms with E-state index in [1.165, 1.54) is 0 Å². The maximum Gasteiger partial charge on any atom is 0.416 e. The van der Waals surface area contributed by atoms with Crippen molar-refractivity contribution in [3.8, 4) is 0 Å².